The number of anilines is 1. The van der Waals surface area contributed by atoms with Gasteiger partial charge in [0, 0.05) is 6.54 Å². The Kier molecular flexibility index (Phi) is 4.37. The summed E-state index contributed by atoms with van der Waals surface area (Å²) in [5.41, 5.74) is 5.22. The van der Waals surface area contributed by atoms with E-state index in [1.807, 2.05) is 0 Å². The topological polar surface area (TPSA) is 72.2 Å². The van der Waals surface area contributed by atoms with Gasteiger partial charge in [-0.2, -0.15) is 0 Å². The molecule has 0 spiro atoms. The molecule has 0 aromatic heterocycles. The van der Waals surface area contributed by atoms with Gasteiger partial charge in [0.2, 0.25) is 10.0 Å². The van der Waals surface area contributed by atoms with Crippen molar-refractivity contribution in [3.63, 3.8) is 0 Å². The van der Waals surface area contributed by atoms with Crippen LogP contribution in [0.2, 0.25) is 10.0 Å². The molecule has 4 nitrogen and oxygen atoms in total. The number of benzene rings is 1. The summed E-state index contributed by atoms with van der Waals surface area (Å²) < 4.78 is 37.9. The normalized spacial score (nSPS) is 11.5. The SMILES string of the molecule is NCCS(=O)(=O)Nc1cc(Cl)c(F)c(Cl)c1. The minimum Gasteiger partial charge on any atom is -0.329 e. The number of hydrogen-bond acceptors (Lipinski definition) is 3. The molecule has 0 aliphatic carbocycles. The second-order valence-electron chi connectivity index (χ2n) is 2.96. The van der Waals surface area contributed by atoms with Crippen molar-refractivity contribution in [1.82, 2.24) is 0 Å². The molecule has 90 valence electrons. The number of nitrogens with two attached hydrogens (primary N) is 1. The maximum atomic E-state index is 13.0. The van der Waals surface area contributed by atoms with Gasteiger partial charge in [0.15, 0.2) is 5.82 Å². The summed E-state index contributed by atoms with van der Waals surface area (Å²) in [6.07, 6.45) is 0. The van der Waals surface area contributed by atoms with Crippen LogP contribution in [0.3, 0.4) is 0 Å². The molecule has 16 heavy (non-hydrogen) atoms. The van der Waals surface area contributed by atoms with E-state index in [0.717, 1.165) is 12.1 Å². The van der Waals surface area contributed by atoms with Crippen LogP contribution >= 0.6 is 23.2 Å². The van der Waals surface area contributed by atoms with E-state index in [9.17, 15) is 12.8 Å². The molecular weight excluding hydrogens is 278 g/mol. The molecule has 0 fully saturated rings. The van der Waals surface area contributed by atoms with E-state index in [2.05, 4.69) is 4.72 Å². The minimum absolute atomic E-state index is 0.0159. The van der Waals surface area contributed by atoms with Crippen molar-refractivity contribution in [2.75, 3.05) is 17.0 Å². The van der Waals surface area contributed by atoms with Gasteiger partial charge in [-0.3, -0.25) is 4.72 Å². The van der Waals surface area contributed by atoms with E-state index in [-0.39, 0.29) is 28.0 Å². The zero-order valence-electron chi connectivity index (χ0n) is 8.00. The summed E-state index contributed by atoms with van der Waals surface area (Å²) >= 11 is 11.0. The molecule has 0 saturated carbocycles. The van der Waals surface area contributed by atoms with E-state index < -0.39 is 15.8 Å². The second kappa shape index (κ2) is 5.18. The van der Waals surface area contributed by atoms with Crippen LogP contribution in [0.25, 0.3) is 0 Å². The van der Waals surface area contributed by atoms with Crippen molar-refractivity contribution < 1.29 is 12.8 Å². The van der Waals surface area contributed by atoms with Crippen molar-refractivity contribution >= 4 is 38.9 Å². The summed E-state index contributed by atoms with van der Waals surface area (Å²) in [7, 11) is -3.55. The Bertz CT molecular complexity index is 470. The Hall–Kier alpha value is -0.560. The Balaban J connectivity index is 2.99. The molecule has 0 atom stereocenters. The van der Waals surface area contributed by atoms with Crippen LogP contribution in [0.15, 0.2) is 12.1 Å². The van der Waals surface area contributed by atoms with Crippen LogP contribution in [0.4, 0.5) is 10.1 Å². The van der Waals surface area contributed by atoms with E-state index in [1.165, 1.54) is 0 Å². The predicted octanol–water partition coefficient (Wildman–Crippen LogP) is 1.83. The van der Waals surface area contributed by atoms with Crippen LogP contribution in [-0.2, 0) is 10.0 Å². The lowest BCUT2D eigenvalue weighted by Gasteiger charge is -2.08. The molecule has 0 aliphatic rings. The first kappa shape index (κ1) is 13.5. The first-order valence-corrected chi connectivity index (χ1v) is 6.61. The van der Waals surface area contributed by atoms with Gasteiger partial charge >= 0.3 is 0 Å². The van der Waals surface area contributed by atoms with Crippen molar-refractivity contribution in [1.29, 1.82) is 0 Å². The van der Waals surface area contributed by atoms with Crippen LogP contribution < -0.4 is 10.5 Å². The Morgan fingerprint density at radius 3 is 2.25 bits per heavy atom. The van der Waals surface area contributed by atoms with Gasteiger partial charge in [-0.15, -0.1) is 0 Å². The third-order valence-electron chi connectivity index (χ3n) is 1.64. The van der Waals surface area contributed by atoms with Gasteiger partial charge in [0.25, 0.3) is 0 Å². The molecule has 0 unspecified atom stereocenters. The molecular formula is C8H9Cl2FN2O2S. The fourth-order valence-electron chi connectivity index (χ4n) is 1.00. The average molecular weight is 287 g/mol. The third kappa shape index (κ3) is 3.48. The number of rotatable bonds is 4. The van der Waals surface area contributed by atoms with Gasteiger partial charge in [-0.1, -0.05) is 23.2 Å². The number of nitrogens with one attached hydrogen (secondary N) is 1. The summed E-state index contributed by atoms with van der Waals surface area (Å²) in [6, 6.07) is 2.27. The Labute approximate surface area is 103 Å². The van der Waals surface area contributed by atoms with E-state index in [4.69, 9.17) is 28.9 Å². The standard InChI is InChI=1S/C8H9Cl2FN2O2S/c9-6-3-5(4-7(10)8(6)11)13-16(14,15)2-1-12/h3-4,13H,1-2,12H2. The smallest absolute Gasteiger partial charge is 0.233 e. The molecule has 0 saturated heterocycles. The maximum Gasteiger partial charge on any atom is 0.233 e. The molecule has 8 heteroatoms. The molecule has 1 aromatic rings. The fraction of sp³-hybridized carbons (Fsp3) is 0.250. The third-order valence-corrected chi connectivity index (χ3v) is 3.51. The highest BCUT2D eigenvalue weighted by molar-refractivity contribution is 7.92. The minimum atomic E-state index is -3.55. The zero-order valence-corrected chi connectivity index (χ0v) is 10.3. The fourth-order valence-corrected chi connectivity index (χ4v) is 2.38. The average Bonchev–Trinajstić information content (AvgIpc) is 2.13. The van der Waals surface area contributed by atoms with E-state index in [1.54, 1.807) is 0 Å². The highest BCUT2D eigenvalue weighted by atomic mass is 35.5. The molecule has 0 aliphatic heterocycles. The first-order chi connectivity index (χ1) is 7.35. The van der Waals surface area contributed by atoms with Crippen LogP contribution in [0.1, 0.15) is 0 Å². The second-order valence-corrected chi connectivity index (χ2v) is 5.62. The highest BCUT2D eigenvalue weighted by Crippen LogP contribution is 2.27. The first-order valence-electron chi connectivity index (χ1n) is 4.21. The van der Waals surface area contributed by atoms with Crippen molar-refractivity contribution in [3.8, 4) is 0 Å². The molecule has 0 bridgehead atoms. The lowest BCUT2D eigenvalue weighted by Crippen LogP contribution is -2.22. The van der Waals surface area contributed by atoms with E-state index >= 15 is 0 Å². The van der Waals surface area contributed by atoms with Gasteiger partial charge in [-0.25, -0.2) is 12.8 Å². The van der Waals surface area contributed by atoms with Crippen molar-refractivity contribution in [2.45, 2.75) is 0 Å². The van der Waals surface area contributed by atoms with Crippen molar-refractivity contribution in [3.05, 3.63) is 28.0 Å². The molecule has 1 rings (SSSR count). The lowest BCUT2D eigenvalue weighted by molar-refractivity contribution is 0.601. The Morgan fingerprint density at radius 2 is 1.81 bits per heavy atom. The molecule has 1 aromatic carbocycles. The summed E-state index contributed by atoms with van der Waals surface area (Å²) in [4.78, 5) is 0. The highest BCUT2D eigenvalue weighted by Gasteiger charge is 2.12. The van der Waals surface area contributed by atoms with Gasteiger partial charge in [0.05, 0.1) is 21.5 Å². The van der Waals surface area contributed by atoms with E-state index in [0.29, 0.717) is 0 Å². The molecule has 0 radical (unpaired) electrons. The van der Waals surface area contributed by atoms with Gasteiger partial charge < -0.3 is 5.73 Å². The van der Waals surface area contributed by atoms with Crippen LogP contribution in [0, 0.1) is 5.82 Å². The number of halogens is 3. The van der Waals surface area contributed by atoms with Gasteiger partial charge in [-0.05, 0) is 12.1 Å². The maximum absolute atomic E-state index is 13.0. The number of sulfonamides is 1. The quantitative estimate of drug-likeness (QED) is 0.830. The molecule has 0 heterocycles. The summed E-state index contributed by atoms with van der Waals surface area (Å²) in [5, 5.41) is -0.504. The van der Waals surface area contributed by atoms with Gasteiger partial charge in [0.1, 0.15) is 0 Å². The number of hydrogen-bond donors (Lipinski definition) is 2. The van der Waals surface area contributed by atoms with Crippen LogP contribution in [0.5, 0.6) is 0 Å². The zero-order chi connectivity index (χ0) is 12.3. The monoisotopic (exact) mass is 286 g/mol. The summed E-state index contributed by atoms with van der Waals surface area (Å²) in [6.45, 7) is -0.0159. The Morgan fingerprint density at radius 1 is 1.31 bits per heavy atom. The van der Waals surface area contributed by atoms with Crippen LogP contribution in [-0.4, -0.2) is 20.7 Å². The lowest BCUT2D eigenvalue weighted by atomic mass is 10.3. The van der Waals surface area contributed by atoms with Crippen molar-refractivity contribution in [2.24, 2.45) is 5.73 Å². The largest absolute Gasteiger partial charge is 0.329 e. The molecule has 3 N–H and O–H groups in total. The predicted molar refractivity (Wildman–Crippen MR) is 62.9 cm³/mol. The molecule has 0 amide bonds. The summed E-state index contributed by atoms with van der Waals surface area (Å²) in [5.74, 6) is -1.02.